The van der Waals surface area contributed by atoms with Gasteiger partial charge < -0.3 is 10.2 Å². The standard InChI is InChI=1S/C13H20FN3/c1-2-17(10-12-5-3-4-8-15-12)13-7-6-11(14)9-16-13/h6-7,9,12,15H,2-5,8,10H2,1H3. The monoisotopic (exact) mass is 237 g/mol. The molecule has 1 aliphatic heterocycles. The number of likely N-dealkylation sites (N-methyl/N-ethyl adjacent to an activating group) is 1. The summed E-state index contributed by atoms with van der Waals surface area (Å²) >= 11 is 0. The molecule has 1 saturated heterocycles. The summed E-state index contributed by atoms with van der Waals surface area (Å²) in [5.74, 6) is 0.585. The molecule has 0 aromatic carbocycles. The number of rotatable bonds is 4. The third-order valence-corrected chi connectivity index (χ3v) is 3.27. The van der Waals surface area contributed by atoms with E-state index in [4.69, 9.17) is 0 Å². The van der Waals surface area contributed by atoms with Crippen molar-refractivity contribution in [3.63, 3.8) is 0 Å². The van der Waals surface area contributed by atoms with Crippen LogP contribution in [0, 0.1) is 5.82 Å². The van der Waals surface area contributed by atoms with Gasteiger partial charge in [0.25, 0.3) is 0 Å². The highest BCUT2D eigenvalue weighted by molar-refractivity contribution is 5.37. The summed E-state index contributed by atoms with van der Waals surface area (Å²) in [4.78, 5) is 6.33. The minimum absolute atomic E-state index is 0.277. The number of hydrogen-bond acceptors (Lipinski definition) is 3. The van der Waals surface area contributed by atoms with Crippen molar-refractivity contribution in [2.75, 3.05) is 24.5 Å². The first-order chi connectivity index (χ1) is 8.29. The van der Waals surface area contributed by atoms with Crippen molar-refractivity contribution in [1.29, 1.82) is 0 Å². The van der Waals surface area contributed by atoms with Gasteiger partial charge in [-0.2, -0.15) is 0 Å². The van der Waals surface area contributed by atoms with Gasteiger partial charge in [0.05, 0.1) is 6.20 Å². The van der Waals surface area contributed by atoms with Crippen LogP contribution in [0.1, 0.15) is 26.2 Å². The van der Waals surface area contributed by atoms with Gasteiger partial charge in [0, 0.05) is 19.1 Å². The molecular weight excluding hydrogens is 217 g/mol. The molecule has 1 N–H and O–H groups in total. The second-order valence-corrected chi connectivity index (χ2v) is 4.52. The quantitative estimate of drug-likeness (QED) is 0.870. The number of nitrogens with zero attached hydrogens (tertiary/aromatic N) is 2. The number of nitrogens with one attached hydrogen (secondary N) is 1. The summed E-state index contributed by atoms with van der Waals surface area (Å²) in [6, 6.07) is 3.76. The topological polar surface area (TPSA) is 28.2 Å². The van der Waals surface area contributed by atoms with E-state index in [-0.39, 0.29) is 5.82 Å². The van der Waals surface area contributed by atoms with Crippen molar-refractivity contribution in [3.05, 3.63) is 24.1 Å². The van der Waals surface area contributed by atoms with E-state index in [1.807, 2.05) is 0 Å². The van der Waals surface area contributed by atoms with E-state index in [9.17, 15) is 4.39 Å². The molecule has 3 nitrogen and oxygen atoms in total. The van der Waals surface area contributed by atoms with Crippen molar-refractivity contribution < 1.29 is 4.39 Å². The molecule has 1 atom stereocenters. The average molecular weight is 237 g/mol. The van der Waals surface area contributed by atoms with Gasteiger partial charge in [-0.05, 0) is 38.4 Å². The predicted molar refractivity (Wildman–Crippen MR) is 67.7 cm³/mol. The van der Waals surface area contributed by atoms with Crippen molar-refractivity contribution in [3.8, 4) is 0 Å². The van der Waals surface area contributed by atoms with Crippen LogP contribution in [-0.4, -0.2) is 30.7 Å². The normalized spacial score (nSPS) is 20.2. The Morgan fingerprint density at radius 3 is 2.94 bits per heavy atom. The average Bonchev–Trinajstić information content (AvgIpc) is 2.38. The van der Waals surface area contributed by atoms with Gasteiger partial charge >= 0.3 is 0 Å². The summed E-state index contributed by atoms with van der Waals surface area (Å²) in [7, 11) is 0. The predicted octanol–water partition coefficient (Wildman–Crippen LogP) is 2.19. The molecule has 0 bridgehead atoms. The Morgan fingerprint density at radius 1 is 1.47 bits per heavy atom. The maximum atomic E-state index is 12.8. The Hall–Kier alpha value is -1.16. The second-order valence-electron chi connectivity index (χ2n) is 4.52. The summed E-state index contributed by atoms with van der Waals surface area (Å²) in [5.41, 5.74) is 0. The molecule has 0 radical (unpaired) electrons. The molecule has 0 aliphatic carbocycles. The van der Waals surface area contributed by atoms with Gasteiger partial charge in [-0.1, -0.05) is 6.42 Å². The first-order valence-corrected chi connectivity index (χ1v) is 6.39. The van der Waals surface area contributed by atoms with Crippen molar-refractivity contribution in [2.45, 2.75) is 32.2 Å². The molecule has 94 valence electrons. The van der Waals surface area contributed by atoms with Crippen LogP contribution in [0.5, 0.6) is 0 Å². The van der Waals surface area contributed by atoms with E-state index in [1.54, 1.807) is 6.07 Å². The van der Waals surface area contributed by atoms with Gasteiger partial charge in [0.15, 0.2) is 0 Å². The highest BCUT2D eigenvalue weighted by Crippen LogP contribution is 2.14. The molecule has 17 heavy (non-hydrogen) atoms. The van der Waals surface area contributed by atoms with Crippen LogP contribution in [0.4, 0.5) is 10.2 Å². The Bertz CT molecular complexity index is 333. The fourth-order valence-electron chi connectivity index (χ4n) is 2.29. The summed E-state index contributed by atoms with van der Waals surface area (Å²) < 4.78 is 12.8. The number of pyridine rings is 1. The molecular formula is C13H20FN3. The molecule has 0 spiro atoms. The van der Waals surface area contributed by atoms with Gasteiger partial charge in [-0.3, -0.25) is 0 Å². The van der Waals surface area contributed by atoms with Crippen LogP contribution in [0.3, 0.4) is 0 Å². The van der Waals surface area contributed by atoms with Gasteiger partial charge in [-0.15, -0.1) is 0 Å². The molecule has 0 saturated carbocycles. The van der Waals surface area contributed by atoms with Gasteiger partial charge in [0.1, 0.15) is 11.6 Å². The SMILES string of the molecule is CCN(CC1CCCCN1)c1ccc(F)cn1. The maximum absolute atomic E-state index is 12.8. The Kier molecular flexibility index (Phi) is 4.31. The lowest BCUT2D eigenvalue weighted by molar-refractivity contribution is 0.399. The third-order valence-electron chi connectivity index (χ3n) is 3.27. The van der Waals surface area contributed by atoms with Crippen molar-refractivity contribution >= 4 is 5.82 Å². The molecule has 0 amide bonds. The van der Waals surface area contributed by atoms with Crippen LogP contribution in [-0.2, 0) is 0 Å². The van der Waals surface area contributed by atoms with Crippen molar-refractivity contribution in [2.24, 2.45) is 0 Å². The van der Waals surface area contributed by atoms with Crippen LogP contribution in [0.2, 0.25) is 0 Å². The highest BCUT2D eigenvalue weighted by atomic mass is 19.1. The molecule has 2 heterocycles. The maximum Gasteiger partial charge on any atom is 0.141 e. The lowest BCUT2D eigenvalue weighted by atomic mass is 10.0. The van der Waals surface area contributed by atoms with E-state index in [2.05, 4.69) is 22.1 Å². The van der Waals surface area contributed by atoms with E-state index in [1.165, 1.54) is 31.5 Å². The van der Waals surface area contributed by atoms with Crippen LogP contribution in [0.15, 0.2) is 18.3 Å². The first-order valence-electron chi connectivity index (χ1n) is 6.39. The van der Waals surface area contributed by atoms with Crippen LogP contribution < -0.4 is 10.2 Å². The number of anilines is 1. The van der Waals surface area contributed by atoms with Crippen LogP contribution in [0.25, 0.3) is 0 Å². The Morgan fingerprint density at radius 2 is 2.35 bits per heavy atom. The van der Waals surface area contributed by atoms with E-state index in [0.29, 0.717) is 6.04 Å². The highest BCUT2D eigenvalue weighted by Gasteiger charge is 2.16. The zero-order chi connectivity index (χ0) is 12.1. The number of piperidine rings is 1. The Labute approximate surface area is 102 Å². The lowest BCUT2D eigenvalue weighted by Gasteiger charge is -2.30. The number of hydrogen-bond donors (Lipinski definition) is 1. The second kappa shape index (κ2) is 5.96. The largest absolute Gasteiger partial charge is 0.355 e. The molecule has 1 aromatic heterocycles. The molecule has 1 unspecified atom stereocenters. The van der Waals surface area contributed by atoms with E-state index >= 15 is 0 Å². The van der Waals surface area contributed by atoms with Crippen LogP contribution >= 0.6 is 0 Å². The smallest absolute Gasteiger partial charge is 0.141 e. The molecule has 1 aromatic rings. The minimum atomic E-state index is -0.277. The summed E-state index contributed by atoms with van der Waals surface area (Å²) in [6.07, 6.45) is 5.08. The van der Waals surface area contributed by atoms with Crippen molar-refractivity contribution in [1.82, 2.24) is 10.3 Å². The molecule has 1 aliphatic rings. The summed E-state index contributed by atoms with van der Waals surface area (Å²) in [5, 5.41) is 3.52. The van der Waals surface area contributed by atoms with E-state index < -0.39 is 0 Å². The fourth-order valence-corrected chi connectivity index (χ4v) is 2.29. The first kappa shape index (κ1) is 12.3. The van der Waals surface area contributed by atoms with E-state index in [0.717, 1.165) is 25.5 Å². The Balaban J connectivity index is 1.97. The lowest BCUT2D eigenvalue weighted by Crippen LogP contribution is -2.44. The third kappa shape index (κ3) is 3.40. The molecule has 2 rings (SSSR count). The number of halogens is 1. The zero-order valence-electron chi connectivity index (χ0n) is 10.3. The number of aromatic nitrogens is 1. The molecule has 1 fully saturated rings. The fraction of sp³-hybridized carbons (Fsp3) is 0.615. The molecule has 4 heteroatoms. The zero-order valence-corrected chi connectivity index (χ0v) is 10.3. The summed E-state index contributed by atoms with van der Waals surface area (Å²) in [6.45, 7) is 5.07. The van der Waals surface area contributed by atoms with Gasteiger partial charge in [-0.25, -0.2) is 9.37 Å². The van der Waals surface area contributed by atoms with Gasteiger partial charge in [0.2, 0.25) is 0 Å². The minimum Gasteiger partial charge on any atom is -0.355 e.